The van der Waals surface area contributed by atoms with E-state index in [0.717, 1.165) is 19.6 Å². The van der Waals surface area contributed by atoms with Gasteiger partial charge in [-0.25, -0.2) is 0 Å². The second-order valence-electron chi connectivity index (χ2n) is 5.87. The van der Waals surface area contributed by atoms with Crippen molar-refractivity contribution in [2.24, 2.45) is 4.99 Å². The van der Waals surface area contributed by atoms with E-state index in [0.29, 0.717) is 17.6 Å². The average Bonchev–Trinajstić information content (AvgIpc) is 3.39. The van der Waals surface area contributed by atoms with Crippen molar-refractivity contribution in [2.75, 3.05) is 26.7 Å². The van der Waals surface area contributed by atoms with Crippen molar-refractivity contribution >= 4 is 29.9 Å². The summed E-state index contributed by atoms with van der Waals surface area (Å²) < 4.78 is 41.4. The molecule has 2 N–H and O–H groups in total. The smallest absolute Gasteiger partial charge is 0.405 e. The summed E-state index contributed by atoms with van der Waals surface area (Å²) in [4.78, 5) is 6.51. The first-order valence-electron chi connectivity index (χ1n) is 8.45. The van der Waals surface area contributed by atoms with Gasteiger partial charge in [0.1, 0.15) is 5.75 Å². The van der Waals surface area contributed by atoms with E-state index < -0.39 is 6.36 Å². The van der Waals surface area contributed by atoms with Crippen LogP contribution in [0.25, 0.3) is 0 Å². The Labute approximate surface area is 169 Å². The number of alkyl halides is 3. The molecule has 0 aliphatic heterocycles. The van der Waals surface area contributed by atoms with Crippen molar-refractivity contribution in [1.82, 2.24) is 15.5 Å². The number of nitrogens with zero attached hydrogens (tertiary/aromatic N) is 2. The zero-order valence-corrected chi connectivity index (χ0v) is 17.3. The second kappa shape index (κ2) is 10.8. The fourth-order valence-corrected chi connectivity index (χ4v) is 2.63. The van der Waals surface area contributed by atoms with Gasteiger partial charge in [-0.05, 0) is 25.5 Å². The number of halogens is 4. The van der Waals surface area contributed by atoms with Gasteiger partial charge in [0.15, 0.2) is 5.96 Å². The summed E-state index contributed by atoms with van der Waals surface area (Å²) in [6.45, 7) is 4.98. The topological polar surface area (TPSA) is 48.9 Å². The zero-order valence-electron chi connectivity index (χ0n) is 15.0. The number of para-hydroxylation sites is 1. The van der Waals surface area contributed by atoms with Crippen molar-refractivity contribution < 1.29 is 17.9 Å². The van der Waals surface area contributed by atoms with Crippen molar-refractivity contribution in [2.45, 2.75) is 38.7 Å². The normalized spacial score (nSPS) is 14.8. The molecule has 1 aromatic carbocycles. The van der Waals surface area contributed by atoms with Gasteiger partial charge in [0.05, 0.1) is 0 Å². The Kier molecular flexibility index (Phi) is 9.48. The van der Waals surface area contributed by atoms with Crippen LogP contribution in [0.5, 0.6) is 5.75 Å². The van der Waals surface area contributed by atoms with E-state index in [1.807, 2.05) is 0 Å². The van der Waals surface area contributed by atoms with E-state index in [1.54, 1.807) is 19.2 Å². The summed E-state index contributed by atoms with van der Waals surface area (Å²) in [5, 5.41) is 6.21. The second-order valence-corrected chi connectivity index (χ2v) is 5.87. The standard InChI is InChI=1S/C17H25F3N4O.HI/c1-3-24(14-8-9-14)11-10-22-16(21-2)23-12-13-6-4-5-7-15(13)25-17(18,19)20;/h4-7,14H,3,8-12H2,1-2H3,(H2,21,22,23);1H. The number of hydrogen-bond acceptors (Lipinski definition) is 3. The molecule has 5 nitrogen and oxygen atoms in total. The third-order valence-electron chi connectivity index (χ3n) is 4.03. The first-order chi connectivity index (χ1) is 11.9. The highest BCUT2D eigenvalue weighted by Gasteiger charge is 2.32. The third kappa shape index (κ3) is 7.98. The van der Waals surface area contributed by atoms with Gasteiger partial charge < -0.3 is 15.4 Å². The number of benzene rings is 1. The van der Waals surface area contributed by atoms with Gasteiger partial charge in [-0.15, -0.1) is 37.1 Å². The van der Waals surface area contributed by atoms with Crippen LogP contribution in [-0.4, -0.2) is 49.9 Å². The predicted molar refractivity (Wildman–Crippen MR) is 107 cm³/mol. The quantitative estimate of drug-likeness (QED) is 0.336. The van der Waals surface area contributed by atoms with Gasteiger partial charge >= 0.3 is 6.36 Å². The predicted octanol–water partition coefficient (Wildman–Crippen LogP) is 3.35. The minimum atomic E-state index is -4.71. The molecule has 2 rings (SSSR count). The monoisotopic (exact) mass is 486 g/mol. The van der Waals surface area contributed by atoms with E-state index in [2.05, 4.69) is 32.2 Å². The Hall–Kier alpha value is -1.23. The van der Waals surface area contributed by atoms with Gasteiger partial charge in [0.2, 0.25) is 0 Å². The molecule has 0 amide bonds. The number of ether oxygens (including phenoxy) is 1. The number of guanidine groups is 1. The van der Waals surface area contributed by atoms with E-state index in [4.69, 9.17) is 0 Å². The molecule has 26 heavy (non-hydrogen) atoms. The number of hydrogen-bond donors (Lipinski definition) is 2. The minimum Gasteiger partial charge on any atom is -0.405 e. The molecule has 0 spiro atoms. The SMILES string of the molecule is CCN(CCNC(=NC)NCc1ccccc1OC(F)(F)F)C1CC1.I. The summed E-state index contributed by atoms with van der Waals surface area (Å²) >= 11 is 0. The number of nitrogens with one attached hydrogen (secondary N) is 2. The van der Waals surface area contributed by atoms with E-state index in [1.165, 1.54) is 25.0 Å². The van der Waals surface area contributed by atoms with Gasteiger partial charge in [0, 0.05) is 38.3 Å². The fraction of sp³-hybridized carbons (Fsp3) is 0.588. The van der Waals surface area contributed by atoms with E-state index in [9.17, 15) is 13.2 Å². The first kappa shape index (κ1) is 22.8. The van der Waals surface area contributed by atoms with Crippen LogP contribution in [-0.2, 0) is 6.54 Å². The maximum absolute atomic E-state index is 12.4. The highest BCUT2D eigenvalue weighted by atomic mass is 127. The summed E-state index contributed by atoms with van der Waals surface area (Å²) in [5.41, 5.74) is 0.413. The Bertz CT molecular complexity index is 579. The summed E-state index contributed by atoms with van der Waals surface area (Å²) in [5.74, 6) is 0.345. The van der Waals surface area contributed by atoms with Crippen molar-refractivity contribution in [3.63, 3.8) is 0 Å². The summed E-state index contributed by atoms with van der Waals surface area (Å²) in [6.07, 6.45) is -2.18. The van der Waals surface area contributed by atoms with Crippen LogP contribution in [0.15, 0.2) is 29.3 Å². The molecular weight excluding hydrogens is 460 g/mol. The molecule has 9 heteroatoms. The van der Waals surface area contributed by atoms with Gasteiger partial charge in [0.25, 0.3) is 0 Å². The lowest BCUT2D eigenvalue weighted by atomic mass is 10.2. The summed E-state index contributed by atoms with van der Waals surface area (Å²) in [7, 11) is 1.63. The van der Waals surface area contributed by atoms with Crippen LogP contribution in [0.4, 0.5) is 13.2 Å². The molecule has 0 aromatic heterocycles. The molecular formula is C17H26F3IN4O. The molecule has 1 saturated carbocycles. The van der Waals surface area contributed by atoms with Crippen LogP contribution >= 0.6 is 24.0 Å². The molecule has 1 aromatic rings. The molecule has 1 fully saturated rings. The first-order valence-corrected chi connectivity index (χ1v) is 8.45. The Balaban J connectivity index is 0.00000338. The van der Waals surface area contributed by atoms with Crippen LogP contribution in [0.2, 0.25) is 0 Å². The Morgan fingerprint density at radius 3 is 2.54 bits per heavy atom. The van der Waals surface area contributed by atoms with Crippen LogP contribution in [0.1, 0.15) is 25.3 Å². The molecule has 0 radical (unpaired) electrons. The highest BCUT2D eigenvalue weighted by molar-refractivity contribution is 14.0. The van der Waals surface area contributed by atoms with Gasteiger partial charge in [-0.2, -0.15) is 0 Å². The fourth-order valence-electron chi connectivity index (χ4n) is 2.63. The van der Waals surface area contributed by atoms with Crippen molar-refractivity contribution in [1.29, 1.82) is 0 Å². The van der Waals surface area contributed by atoms with Crippen LogP contribution in [0.3, 0.4) is 0 Å². The molecule has 0 saturated heterocycles. The number of likely N-dealkylation sites (N-methyl/N-ethyl adjacent to an activating group) is 1. The minimum absolute atomic E-state index is 0. The lowest BCUT2D eigenvalue weighted by molar-refractivity contribution is -0.274. The lowest BCUT2D eigenvalue weighted by Crippen LogP contribution is -2.41. The zero-order chi connectivity index (χ0) is 18.3. The number of aliphatic imine (C=N–C) groups is 1. The largest absolute Gasteiger partial charge is 0.573 e. The molecule has 1 aliphatic rings. The van der Waals surface area contributed by atoms with Crippen molar-refractivity contribution in [3.05, 3.63) is 29.8 Å². The Morgan fingerprint density at radius 2 is 1.96 bits per heavy atom. The highest BCUT2D eigenvalue weighted by Crippen LogP contribution is 2.26. The van der Waals surface area contributed by atoms with E-state index in [-0.39, 0.29) is 36.3 Å². The van der Waals surface area contributed by atoms with Crippen LogP contribution in [0, 0.1) is 0 Å². The van der Waals surface area contributed by atoms with Crippen molar-refractivity contribution in [3.8, 4) is 5.75 Å². The lowest BCUT2D eigenvalue weighted by Gasteiger charge is -2.21. The molecule has 0 unspecified atom stereocenters. The van der Waals surface area contributed by atoms with Gasteiger partial charge in [-0.1, -0.05) is 25.1 Å². The van der Waals surface area contributed by atoms with Crippen LogP contribution < -0.4 is 15.4 Å². The molecule has 1 aliphatic carbocycles. The molecule has 0 bridgehead atoms. The maximum atomic E-state index is 12.4. The third-order valence-corrected chi connectivity index (χ3v) is 4.03. The Morgan fingerprint density at radius 1 is 1.27 bits per heavy atom. The molecule has 0 heterocycles. The number of rotatable bonds is 8. The average molecular weight is 486 g/mol. The molecule has 0 atom stereocenters. The van der Waals surface area contributed by atoms with Gasteiger partial charge in [-0.3, -0.25) is 9.89 Å². The maximum Gasteiger partial charge on any atom is 0.573 e. The summed E-state index contributed by atoms with van der Waals surface area (Å²) in [6, 6.07) is 6.77. The molecule has 148 valence electrons. The van der Waals surface area contributed by atoms with E-state index >= 15 is 0 Å².